The molecule has 24 heavy (non-hydrogen) atoms. The number of nitrogen functional groups attached to an aromatic ring is 1. The van der Waals surface area contributed by atoms with Gasteiger partial charge < -0.3 is 10.5 Å². The molecule has 2 N–H and O–H groups in total. The summed E-state index contributed by atoms with van der Waals surface area (Å²) in [5.74, 6) is 1.02. The summed E-state index contributed by atoms with van der Waals surface area (Å²) < 4.78 is 5.45. The summed E-state index contributed by atoms with van der Waals surface area (Å²) in [6.45, 7) is 2.56. The van der Waals surface area contributed by atoms with Crippen LogP contribution < -0.4 is 10.5 Å². The number of nitrogens with zero attached hydrogens (tertiary/aromatic N) is 3. The Labute approximate surface area is 140 Å². The molecule has 0 spiro atoms. The van der Waals surface area contributed by atoms with Gasteiger partial charge in [-0.15, -0.1) is 0 Å². The lowest BCUT2D eigenvalue weighted by Gasteiger charge is -2.10. The summed E-state index contributed by atoms with van der Waals surface area (Å²) in [7, 11) is 0. The molecule has 5 heteroatoms. The third-order valence-electron chi connectivity index (χ3n) is 3.61. The van der Waals surface area contributed by atoms with E-state index in [2.05, 4.69) is 16.0 Å². The van der Waals surface area contributed by atoms with E-state index in [4.69, 9.17) is 10.5 Å². The number of hydrogen-bond acceptors (Lipinski definition) is 5. The summed E-state index contributed by atoms with van der Waals surface area (Å²) in [6, 6.07) is 15.3. The first-order valence-electron chi connectivity index (χ1n) is 7.57. The van der Waals surface area contributed by atoms with Crippen LogP contribution in [0.2, 0.25) is 0 Å². The molecule has 0 bridgehead atoms. The maximum Gasteiger partial charge on any atom is 0.142 e. The van der Waals surface area contributed by atoms with Crippen LogP contribution in [-0.4, -0.2) is 16.6 Å². The van der Waals surface area contributed by atoms with Gasteiger partial charge in [-0.1, -0.05) is 0 Å². The molecule has 3 aromatic rings. The topological polar surface area (TPSA) is 84.8 Å². The van der Waals surface area contributed by atoms with Crippen molar-refractivity contribution in [2.75, 3.05) is 12.3 Å². The number of anilines is 1. The van der Waals surface area contributed by atoms with Crippen molar-refractivity contribution in [1.82, 2.24) is 9.97 Å². The highest BCUT2D eigenvalue weighted by atomic mass is 16.5. The predicted molar refractivity (Wildman–Crippen MR) is 93.2 cm³/mol. The van der Waals surface area contributed by atoms with Crippen molar-refractivity contribution in [3.05, 3.63) is 60.4 Å². The fraction of sp³-hybridized carbons (Fsp3) is 0.105. The molecule has 3 rings (SSSR count). The summed E-state index contributed by atoms with van der Waals surface area (Å²) in [4.78, 5) is 8.39. The van der Waals surface area contributed by atoms with Crippen molar-refractivity contribution >= 4 is 5.82 Å². The number of pyridine rings is 2. The van der Waals surface area contributed by atoms with E-state index in [1.165, 1.54) is 0 Å². The van der Waals surface area contributed by atoms with Gasteiger partial charge in [0, 0.05) is 23.5 Å². The van der Waals surface area contributed by atoms with Gasteiger partial charge in [0.2, 0.25) is 0 Å². The number of hydrogen-bond donors (Lipinski definition) is 1. The van der Waals surface area contributed by atoms with Crippen LogP contribution in [0.3, 0.4) is 0 Å². The van der Waals surface area contributed by atoms with Gasteiger partial charge in [-0.3, -0.25) is 4.98 Å². The van der Waals surface area contributed by atoms with E-state index in [1.54, 1.807) is 12.4 Å². The van der Waals surface area contributed by atoms with E-state index in [-0.39, 0.29) is 5.82 Å². The Bertz CT molecular complexity index is 884. The fourth-order valence-electron chi connectivity index (χ4n) is 2.48. The van der Waals surface area contributed by atoms with E-state index in [9.17, 15) is 5.26 Å². The molecule has 0 atom stereocenters. The van der Waals surface area contributed by atoms with Gasteiger partial charge in [0.25, 0.3) is 0 Å². The molecule has 0 amide bonds. The van der Waals surface area contributed by atoms with Gasteiger partial charge in [0.1, 0.15) is 23.2 Å². The van der Waals surface area contributed by atoms with E-state index in [0.717, 1.165) is 22.4 Å². The van der Waals surface area contributed by atoms with Crippen molar-refractivity contribution in [1.29, 1.82) is 5.26 Å². The monoisotopic (exact) mass is 316 g/mol. The smallest absolute Gasteiger partial charge is 0.142 e. The van der Waals surface area contributed by atoms with Crippen molar-refractivity contribution in [2.45, 2.75) is 6.92 Å². The number of nitrogens with two attached hydrogens (primary N) is 1. The summed E-state index contributed by atoms with van der Waals surface area (Å²) in [6.07, 6.45) is 3.37. The van der Waals surface area contributed by atoms with Gasteiger partial charge >= 0.3 is 0 Å². The number of nitriles is 1. The van der Waals surface area contributed by atoms with Crippen molar-refractivity contribution in [3.63, 3.8) is 0 Å². The van der Waals surface area contributed by atoms with Crippen LogP contribution in [-0.2, 0) is 0 Å². The average molecular weight is 316 g/mol. The Hall–Kier alpha value is -3.39. The highest BCUT2D eigenvalue weighted by molar-refractivity contribution is 5.80. The van der Waals surface area contributed by atoms with Crippen LogP contribution in [0.5, 0.6) is 5.75 Å². The third kappa shape index (κ3) is 3.03. The van der Waals surface area contributed by atoms with E-state index < -0.39 is 0 Å². The van der Waals surface area contributed by atoms with E-state index in [0.29, 0.717) is 17.9 Å². The second kappa shape index (κ2) is 6.80. The van der Waals surface area contributed by atoms with Gasteiger partial charge in [0.15, 0.2) is 0 Å². The number of aromatic nitrogens is 2. The molecule has 0 radical (unpaired) electrons. The second-order valence-corrected chi connectivity index (χ2v) is 5.12. The normalized spacial score (nSPS) is 10.2. The van der Waals surface area contributed by atoms with Crippen LogP contribution in [0.4, 0.5) is 5.82 Å². The van der Waals surface area contributed by atoms with Gasteiger partial charge in [-0.05, 0) is 55.0 Å². The SMILES string of the molecule is CCOc1ccc(-c2cc(-c3ccncc3)c(C#N)c(N)n2)cc1. The third-order valence-corrected chi connectivity index (χ3v) is 3.61. The minimum Gasteiger partial charge on any atom is -0.494 e. The van der Waals surface area contributed by atoms with Crippen LogP contribution >= 0.6 is 0 Å². The molecule has 5 nitrogen and oxygen atoms in total. The molecule has 118 valence electrons. The first kappa shape index (κ1) is 15.5. The average Bonchev–Trinajstić information content (AvgIpc) is 2.63. The maximum atomic E-state index is 9.42. The Morgan fingerprint density at radius 3 is 2.42 bits per heavy atom. The Morgan fingerprint density at radius 1 is 1.08 bits per heavy atom. The number of benzene rings is 1. The standard InChI is InChI=1S/C19H16N4O/c1-2-24-15-5-3-14(4-6-15)18-11-16(13-7-9-22-10-8-13)17(12-20)19(21)23-18/h3-11H,2H2,1H3,(H2,21,23). The Kier molecular flexibility index (Phi) is 4.39. The van der Waals surface area contributed by atoms with Crippen LogP contribution in [0.25, 0.3) is 22.4 Å². The molecule has 0 aliphatic heterocycles. The van der Waals surface area contributed by atoms with Gasteiger partial charge in [-0.25, -0.2) is 4.98 Å². The Balaban J connectivity index is 2.10. The zero-order chi connectivity index (χ0) is 16.9. The first-order valence-corrected chi connectivity index (χ1v) is 7.57. The molecular weight excluding hydrogens is 300 g/mol. The molecule has 2 aromatic heterocycles. The van der Waals surface area contributed by atoms with Crippen LogP contribution in [0, 0.1) is 11.3 Å². The Morgan fingerprint density at radius 2 is 1.79 bits per heavy atom. The minimum absolute atomic E-state index is 0.218. The van der Waals surface area contributed by atoms with Crippen LogP contribution in [0.15, 0.2) is 54.9 Å². The summed E-state index contributed by atoms with van der Waals surface area (Å²) in [5, 5.41) is 9.42. The van der Waals surface area contributed by atoms with Crippen molar-refractivity contribution in [3.8, 4) is 34.2 Å². The molecule has 0 fully saturated rings. The van der Waals surface area contributed by atoms with Gasteiger partial charge in [0.05, 0.1) is 12.3 Å². The zero-order valence-electron chi connectivity index (χ0n) is 13.2. The van der Waals surface area contributed by atoms with Gasteiger partial charge in [-0.2, -0.15) is 5.26 Å². The minimum atomic E-state index is 0.218. The molecule has 0 saturated carbocycles. The van der Waals surface area contributed by atoms with E-state index >= 15 is 0 Å². The molecule has 1 aromatic carbocycles. The first-order chi connectivity index (χ1) is 11.7. The largest absolute Gasteiger partial charge is 0.494 e. The van der Waals surface area contributed by atoms with Crippen molar-refractivity contribution < 1.29 is 4.74 Å². The maximum absolute atomic E-state index is 9.42. The molecule has 0 aliphatic carbocycles. The molecular formula is C19H16N4O. The van der Waals surface area contributed by atoms with Crippen LogP contribution in [0.1, 0.15) is 12.5 Å². The quantitative estimate of drug-likeness (QED) is 0.794. The molecule has 2 heterocycles. The number of ether oxygens (including phenoxy) is 1. The summed E-state index contributed by atoms with van der Waals surface area (Å²) in [5.41, 5.74) is 9.62. The lowest BCUT2D eigenvalue weighted by molar-refractivity contribution is 0.340. The molecule has 0 aliphatic rings. The lowest BCUT2D eigenvalue weighted by atomic mass is 9.99. The van der Waals surface area contributed by atoms with E-state index in [1.807, 2.05) is 49.4 Å². The molecule has 0 saturated heterocycles. The predicted octanol–water partition coefficient (Wildman–Crippen LogP) is 3.66. The fourth-order valence-corrected chi connectivity index (χ4v) is 2.48. The zero-order valence-corrected chi connectivity index (χ0v) is 13.2. The highest BCUT2D eigenvalue weighted by Crippen LogP contribution is 2.31. The molecule has 0 unspecified atom stereocenters. The second-order valence-electron chi connectivity index (χ2n) is 5.12. The highest BCUT2D eigenvalue weighted by Gasteiger charge is 2.13. The summed E-state index contributed by atoms with van der Waals surface area (Å²) >= 11 is 0. The lowest BCUT2D eigenvalue weighted by Crippen LogP contribution is -2.00. The number of rotatable bonds is 4. The van der Waals surface area contributed by atoms with Crippen molar-refractivity contribution in [2.24, 2.45) is 0 Å².